The molecule has 1 aromatic carbocycles. The summed E-state index contributed by atoms with van der Waals surface area (Å²) in [6, 6.07) is 3.37. The van der Waals surface area contributed by atoms with Crippen molar-refractivity contribution in [3.8, 4) is 0 Å². The zero-order valence-electron chi connectivity index (χ0n) is 11.8. The number of hydrogen-bond acceptors (Lipinski definition) is 2. The zero-order valence-corrected chi connectivity index (χ0v) is 11.8. The number of benzene rings is 1. The molecule has 116 valence electrons. The van der Waals surface area contributed by atoms with Gasteiger partial charge in [-0.1, -0.05) is 13.3 Å². The summed E-state index contributed by atoms with van der Waals surface area (Å²) in [5, 5.41) is 9.01. The first-order valence-electron chi connectivity index (χ1n) is 7.02. The lowest BCUT2D eigenvalue weighted by atomic mass is 10.0. The van der Waals surface area contributed by atoms with Gasteiger partial charge in [0.1, 0.15) is 0 Å². The summed E-state index contributed by atoms with van der Waals surface area (Å²) in [5.74, 6) is -1.01. The number of alkyl halides is 3. The maximum absolute atomic E-state index is 12.8. The highest BCUT2D eigenvalue weighted by Crippen LogP contribution is 2.35. The molecule has 1 N–H and O–H groups in total. The quantitative estimate of drug-likeness (QED) is 0.912. The van der Waals surface area contributed by atoms with Gasteiger partial charge in [-0.05, 0) is 37.0 Å². The van der Waals surface area contributed by atoms with Crippen LogP contribution in [-0.4, -0.2) is 24.2 Å². The van der Waals surface area contributed by atoms with Gasteiger partial charge in [-0.3, -0.25) is 0 Å². The van der Waals surface area contributed by atoms with Crippen LogP contribution in [0.5, 0.6) is 0 Å². The van der Waals surface area contributed by atoms with Gasteiger partial charge in [0, 0.05) is 18.8 Å². The molecule has 1 aliphatic rings. The zero-order chi connectivity index (χ0) is 15.6. The molecule has 1 fully saturated rings. The summed E-state index contributed by atoms with van der Waals surface area (Å²) in [6.07, 6.45) is -1.49. The number of carboxylic acid groups (broad SMARTS) is 1. The van der Waals surface area contributed by atoms with Crippen molar-refractivity contribution >= 4 is 11.7 Å². The Morgan fingerprint density at radius 2 is 2.14 bits per heavy atom. The van der Waals surface area contributed by atoms with Crippen molar-refractivity contribution in [2.24, 2.45) is 5.92 Å². The van der Waals surface area contributed by atoms with E-state index in [0.29, 0.717) is 11.6 Å². The molecule has 0 amide bonds. The van der Waals surface area contributed by atoms with Crippen LogP contribution in [0.25, 0.3) is 0 Å². The number of rotatable bonds is 4. The topological polar surface area (TPSA) is 40.5 Å². The molecule has 1 atom stereocenters. The Bertz CT molecular complexity index is 528. The molecule has 1 heterocycles. The van der Waals surface area contributed by atoms with E-state index in [1.165, 1.54) is 6.07 Å². The lowest BCUT2D eigenvalue weighted by molar-refractivity contribution is -0.138. The van der Waals surface area contributed by atoms with E-state index in [-0.39, 0.29) is 0 Å². The van der Waals surface area contributed by atoms with Crippen molar-refractivity contribution in [3.05, 3.63) is 29.3 Å². The van der Waals surface area contributed by atoms with Crippen LogP contribution in [0.4, 0.5) is 18.9 Å². The smallest absolute Gasteiger partial charge is 0.417 e. The molecule has 1 aromatic rings. The molecular formula is C15H18F3NO2. The highest BCUT2D eigenvalue weighted by molar-refractivity contribution is 5.91. The fraction of sp³-hybridized carbons (Fsp3) is 0.533. The van der Waals surface area contributed by atoms with Gasteiger partial charge < -0.3 is 10.0 Å². The van der Waals surface area contributed by atoms with E-state index in [4.69, 9.17) is 5.11 Å². The van der Waals surface area contributed by atoms with Crippen molar-refractivity contribution in [2.45, 2.75) is 32.4 Å². The third-order valence-electron chi connectivity index (χ3n) is 3.89. The van der Waals surface area contributed by atoms with Gasteiger partial charge in [0.25, 0.3) is 0 Å². The van der Waals surface area contributed by atoms with Gasteiger partial charge in [0.15, 0.2) is 0 Å². The molecule has 1 aliphatic heterocycles. The molecule has 21 heavy (non-hydrogen) atoms. The lowest BCUT2D eigenvalue weighted by Gasteiger charge is -2.20. The van der Waals surface area contributed by atoms with Crippen molar-refractivity contribution in [2.75, 3.05) is 18.0 Å². The average Bonchev–Trinajstić information content (AvgIpc) is 2.86. The summed E-state index contributed by atoms with van der Waals surface area (Å²) < 4.78 is 38.4. The second kappa shape index (κ2) is 5.95. The number of halogens is 3. The van der Waals surface area contributed by atoms with Crippen molar-refractivity contribution in [3.63, 3.8) is 0 Å². The Morgan fingerprint density at radius 3 is 2.71 bits per heavy atom. The van der Waals surface area contributed by atoms with Crippen LogP contribution in [0.3, 0.4) is 0 Å². The first-order valence-corrected chi connectivity index (χ1v) is 7.02. The van der Waals surface area contributed by atoms with Crippen LogP contribution >= 0.6 is 0 Å². The van der Waals surface area contributed by atoms with E-state index in [2.05, 4.69) is 6.92 Å². The van der Waals surface area contributed by atoms with Crippen LogP contribution in [0.2, 0.25) is 0 Å². The van der Waals surface area contributed by atoms with E-state index >= 15 is 0 Å². The Kier molecular flexibility index (Phi) is 4.44. The minimum atomic E-state index is -4.65. The number of hydrogen-bond donors (Lipinski definition) is 1. The molecule has 0 spiro atoms. The van der Waals surface area contributed by atoms with Crippen LogP contribution in [-0.2, 0) is 6.18 Å². The largest absolute Gasteiger partial charge is 0.478 e. The second-order valence-corrected chi connectivity index (χ2v) is 5.42. The molecule has 0 aliphatic carbocycles. The standard InChI is InChI=1S/C15H18F3NO2/c1-2-3-10-6-7-19(9-10)11-4-5-13(15(16,17)18)12(8-11)14(20)21/h4-5,8,10H,2-3,6-7,9H2,1H3,(H,20,21). The molecule has 0 radical (unpaired) electrons. The maximum atomic E-state index is 12.8. The summed E-state index contributed by atoms with van der Waals surface area (Å²) in [7, 11) is 0. The Morgan fingerprint density at radius 1 is 1.43 bits per heavy atom. The number of aromatic carboxylic acids is 1. The minimum Gasteiger partial charge on any atom is -0.478 e. The van der Waals surface area contributed by atoms with Gasteiger partial charge in [-0.15, -0.1) is 0 Å². The predicted molar refractivity (Wildman–Crippen MR) is 73.6 cm³/mol. The molecule has 1 unspecified atom stereocenters. The molecule has 2 rings (SSSR count). The molecule has 0 bridgehead atoms. The van der Waals surface area contributed by atoms with Gasteiger partial charge in [0.05, 0.1) is 11.1 Å². The van der Waals surface area contributed by atoms with Gasteiger partial charge in [-0.25, -0.2) is 4.79 Å². The fourth-order valence-electron chi connectivity index (χ4n) is 2.86. The van der Waals surface area contributed by atoms with E-state index in [1.54, 1.807) is 0 Å². The third kappa shape index (κ3) is 3.49. The summed E-state index contributed by atoms with van der Waals surface area (Å²) in [6.45, 7) is 3.64. The molecule has 0 aromatic heterocycles. The van der Waals surface area contributed by atoms with Gasteiger partial charge in [-0.2, -0.15) is 13.2 Å². The second-order valence-electron chi connectivity index (χ2n) is 5.42. The highest BCUT2D eigenvalue weighted by Gasteiger charge is 2.36. The Hall–Kier alpha value is -1.72. The first-order chi connectivity index (χ1) is 9.82. The van der Waals surface area contributed by atoms with Crippen molar-refractivity contribution < 1.29 is 23.1 Å². The van der Waals surface area contributed by atoms with Crippen LogP contribution in [0, 0.1) is 5.92 Å². The van der Waals surface area contributed by atoms with Crippen molar-refractivity contribution in [1.29, 1.82) is 0 Å². The van der Waals surface area contributed by atoms with Gasteiger partial charge >= 0.3 is 12.1 Å². The van der Waals surface area contributed by atoms with E-state index in [1.807, 2.05) is 4.90 Å². The molecule has 0 saturated carbocycles. The summed E-state index contributed by atoms with van der Waals surface area (Å²) in [5.41, 5.74) is -1.22. The molecule has 6 heteroatoms. The number of anilines is 1. The molecule has 3 nitrogen and oxygen atoms in total. The lowest BCUT2D eigenvalue weighted by Crippen LogP contribution is -2.21. The molecular weight excluding hydrogens is 283 g/mol. The summed E-state index contributed by atoms with van der Waals surface area (Å²) >= 11 is 0. The van der Waals surface area contributed by atoms with Crippen LogP contribution in [0.15, 0.2) is 18.2 Å². The summed E-state index contributed by atoms with van der Waals surface area (Å²) in [4.78, 5) is 13.0. The number of nitrogens with zero attached hydrogens (tertiary/aromatic N) is 1. The first kappa shape index (κ1) is 15.7. The van der Waals surface area contributed by atoms with E-state index in [9.17, 15) is 18.0 Å². The normalized spacial score (nSPS) is 19.0. The number of carbonyl (C=O) groups is 1. The minimum absolute atomic E-state index is 0.533. The Balaban J connectivity index is 2.27. The monoisotopic (exact) mass is 301 g/mol. The van der Waals surface area contributed by atoms with E-state index in [0.717, 1.165) is 44.5 Å². The highest BCUT2D eigenvalue weighted by atomic mass is 19.4. The van der Waals surface area contributed by atoms with Gasteiger partial charge in [0.2, 0.25) is 0 Å². The maximum Gasteiger partial charge on any atom is 0.417 e. The molecule has 1 saturated heterocycles. The predicted octanol–water partition coefficient (Wildman–Crippen LogP) is 4.03. The van der Waals surface area contributed by atoms with Crippen LogP contribution in [0.1, 0.15) is 42.1 Å². The van der Waals surface area contributed by atoms with Crippen molar-refractivity contribution in [1.82, 2.24) is 0 Å². The van der Waals surface area contributed by atoms with E-state index < -0.39 is 23.3 Å². The third-order valence-corrected chi connectivity index (χ3v) is 3.89. The number of carboxylic acids is 1. The average molecular weight is 301 g/mol. The Labute approximate surface area is 121 Å². The van der Waals surface area contributed by atoms with Crippen LogP contribution < -0.4 is 4.90 Å². The fourth-order valence-corrected chi connectivity index (χ4v) is 2.86. The SMILES string of the molecule is CCCC1CCN(c2ccc(C(F)(F)F)c(C(=O)O)c2)C1.